The molecule has 0 radical (unpaired) electrons. The van der Waals surface area contributed by atoms with E-state index in [-0.39, 0.29) is 36.9 Å². The Bertz CT molecular complexity index is 1780. The van der Waals surface area contributed by atoms with E-state index in [1.54, 1.807) is 17.3 Å². The van der Waals surface area contributed by atoms with Crippen LogP contribution in [0.3, 0.4) is 0 Å². The van der Waals surface area contributed by atoms with Gasteiger partial charge in [-0.3, -0.25) is 19.3 Å². The number of alkyl halides is 4. The van der Waals surface area contributed by atoms with E-state index in [0.717, 1.165) is 22.3 Å². The first-order chi connectivity index (χ1) is 22.1. The maximum absolute atomic E-state index is 13.6. The normalized spacial score (nSPS) is 21.0. The molecule has 4 aromatic rings. The van der Waals surface area contributed by atoms with Crippen LogP contribution in [0, 0.1) is 11.3 Å². The molecule has 0 aliphatic carbocycles. The van der Waals surface area contributed by atoms with Gasteiger partial charge in [0.1, 0.15) is 29.4 Å². The van der Waals surface area contributed by atoms with Crippen LogP contribution in [0.4, 0.5) is 17.6 Å². The smallest absolute Gasteiger partial charge is 0.346 e. The summed E-state index contributed by atoms with van der Waals surface area (Å²) < 4.78 is 56.4. The number of likely N-dealkylation sites (tertiary alicyclic amines) is 3. The van der Waals surface area contributed by atoms with Gasteiger partial charge in [-0.25, -0.2) is 24.3 Å². The van der Waals surface area contributed by atoms with Crippen molar-refractivity contribution in [2.24, 2.45) is 0 Å². The van der Waals surface area contributed by atoms with Crippen molar-refractivity contribution >= 4 is 16.9 Å². The molecule has 1 atom stereocenters. The molecule has 16 heteroatoms. The first-order valence-electron chi connectivity index (χ1n) is 15.2. The summed E-state index contributed by atoms with van der Waals surface area (Å²) in [5, 5.41) is 15.2. The second kappa shape index (κ2) is 11.7. The number of piperidine rings is 1. The number of aromatic nitrogens is 7. The van der Waals surface area contributed by atoms with Crippen LogP contribution in [0.2, 0.25) is 0 Å². The highest BCUT2D eigenvalue weighted by Gasteiger charge is 2.48. The number of rotatable bonds is 7. The minimum Gasteiger partial charge on any atom is -0.346 e. The van der Waals surface area contributed by atoms with Crippen LogP contribution in [0.25, 0.3) is 22.3 Å². The summed E-state index contributed by atoms with van der Waals surface area (Å²) in [5.41, 5.74) is 1.53. The number of carbonyl (C=O) groups is 1. The summed E-state index contributed by atoms with van der Waals surface area (Å²) in [6.45, 7) is 2.46. The van der Waals surface area contributed by atoms with Crippen LogP contribution in [0.15, 0.2) is 37.1 Å². The number of nitriles is 1. The van der Waals surface area contributed by atoms with E-state index in [4.69, 9.17) is 0 Å². The van der Waals surface area contributed by atoms with Gasteiger partial charge in [-0.1, -0.05) is 0 Å². The Morgan fingerprint density at radius 2 is 1.93 bits per heavy atom. The molecule has 1 amide bonds. The molecular weight excluding hydrogens is 606 g/mol. The Labute approximate surface area is 261 Å². The lowest BCUT2D eigenvalue weighted by molar-refractivity contribution is -0.145. The van der Waals surface area contributed by atoms with Crippen molar-refractivity contribution in [1.82, 2.24) is 49.4 Å². The molecular formula is C30H31F4N11O. The molecule has 0 bridgehead atoms. The van der Waals surface area contributed by atoms with E-state index in [1.807, 2.05) is 16.9 Å². The standard InChI is InChI=1S/C30H31F4N11O/c31-20-2-8-42(14-20)15-21-11-24(41-28(40-21)30(32,33)34)27(46)43-9-3-22(4-10-43)44-16-29(17-44,5-6-35)45-13-19(12-39-45)25-23-1-7-36-26(23)38-18-37-25/h1,7,11-13,18,20,22H,2-5,8-10,14-17H2,(H,36,37,38)/t20-/m1/s1. The molecule has 46 heavy (non-hydrogen) atoms. The summed E-state index contributed by atoms with van der Waals surface area (Å²) in [6.07, 6.45) is 2.94. The average Bonchev–Trinajstić information content (AvgIpc) is 3.79. The molecule has 3 fully saturated rings. The average molecular weight is 638 g/mol. The van der Waals surface area contributed by atoms with Crippen LogP contribution < -0.4 is 0 Å². The highest BCUT2D eigenvalue weighted by Crippen LogP contribution is 2.37. The van der Waals surface area contributed by atoms with E-state index in [9.17, 15) is 27.6 Å². The molecule has 3 aliphatic heterocycles. The highest BCUT2D eigenvalue weighted by atomic mass is 19.4. The number of amides is 1. The monoisotopic (exact) mass is 637 g/mol. The predicted octanol–water partition coefficient (Wildman–Crippen LogP) is 3.40. The van der Waals surface area contributed by atoms with Gasteiger partial charge in [0.2, 0.25) is 5.82 Å². The van der Waals surface area contributed by atoms with E-state index >= 15 is 0 Å². The lowest BCUT2D eigenvalue weighted by atomic mass is 9.83. The Hall–Kier alpha value is -4.49. The molecule has 3 saturated heterocycles. The van der Waals surface area contributed by atoms with Crippen LogP contribution in [0.5, 0.6) is 0 Å². The first kappa shape index (κ1) is 30.2. The summed E-state index contributed by atoms with van der Waals surface area (Å²) in [6, 6.07) is 5.65. The van der Waals surface area contributed by atoms with Gasteiger partial charge in [0.25, 0.3) is 5.91 Å². The number of fused-ring (bicyclic) bond motifs is 1. The lowest BCUT2D eigenvalue weighted by Gasteiger charge is -2.53. The molecule has 240 valence electrons. The topological polar surface area (TPSA) is 136 Å². The van der Waals surface area contributed by atoms with Gasteiger partial charge < -0.3 is 9.88 Å². The zero-order valence-corrected chi connectivity index (χ0v) is 24.8. The number of nitrogens with zero attached hydrogens (tertiary/aromatic N) is 10. The summed E-state index contributed by atoms with van der Waals surface area (Å²) >= 11 is 0. The van der Waals surface area contributed by atoms with Gasteiger partial charge in [-0.05, 0) is 31.4 Å². The zero-order valence-electron chi connectivity index (χ0n) is 24.8. The molecule has 7 rings (SSSR count). The van der Waals surface area contributed by atoms with Crippen LogP contribution in [0.1, 0.15) is 47.7 Å². The fourth-order valence-corrected chi connectivity index (χ4v) is 6.83. The van der Waals surface area contributed by atoms with Crippen LogP contribution >= 0.6 is 0 Å². The third-order valence-electron chi connectivity index (χ3n) is 9.22. The van der Waals surface area contributed by atoms with Crippen molar-refractivity contribution in [3.05, 3.63) is 54.3 Å². The Kier molecular flexibility index (Phi) is 7.68. The van der Waals surface area contributed by atoms with E-state index < -0.39 is 29.6 Å². The van der Waals surface area contributed by atoms with Crippen molar-refractivity contribution in [2.75, 3.05) is 39.3 Å². The van der Waals surface area contributed by atoms with Gasteiger partial charge >= 0.3 is 6.18 Å². The van der Waals surface area contributed by atoms with Gasteiger partial charge in [0.15, 0.2) is 0 Å². The molecule has 0 saturated carbocycles. The maximum Gasteiger partial charge on any atom is 0.451 e. The molecule has 3 aliphatic rings. The molecule has 0 aromatic carbocycles. The minimum atomic E-state index is -4.82. The van der Waals surface area contributed by atoms with Crippen molar-refractivity contribution in [2.45, 2.75) is 56.2 Å². The zero-order chi connectivity index (χ0) is 32.1. The minimum absolute atomic E-state index is 0.0149. The Morgan fingerprint density at radius 1 is 1.13 bits per heavy atom. The summed E-state index contributed by atoms with van der Waals surface area (Å²) in [7, 11) is 0. The number of nitrogens with one attached hydrogen (secondary N) is 1. The predicted molar refractivity (Wildman–Crippen MR) is 156 cm³/mol. The van der Waals surface area contributed by atoms with Crippen LogP contribution in [-0.4, -0.2) is 107 Å². The van der Waals surface area contributed by atoms with E-state index in [0.29, 0.717) is 52.0 Å². The van der Waals surface area contributed by atoms with E-state index in [2.05, 4.69) is 41.0 Å². The summed E-state index contributed by atoms with van der Waals surface area (Å²) in [5.74, 6) is -1.95. The van der Waals surface area contributed by atoms with Crippen molar-refractivity contribution < 1.29 is 22.4 Å². The quantitative estimate of drug-likeness (QED) is 0.303. The van der Waals surface area contributed by atoms with Crippen LogP contribution in [-0.2, 0) is 18.3 Å². The SMILES string of the molecule is N#CCC1(n2cc(-c3ncnc4[nH]ccc34)cn2)CN(C2CCN(C(=O)c3cc(CN4CC[C@@H](F)C4)nc(C(F)(F)F)n3)CC2)C1. The molecule has 12 nitrogen and oxygen atoms in total. The Balaban J connectivity index is 1.00. The lowest BCUT2D eigenvalue weighted by Crippen LogP contribution is -2.66. The fourth-order valence-electron chi connectivity index (χ4n) is 6.83. The van der Waals surface area contributed by atoms with Crippen molar-refractivity contribution in [3.8, 4) is 17.3 Å². The molecule has 0 unspecified atom stereocenters. The fraction of sp³-hybridized carbons (Fsp3) is 0.500. The van der Waals surface area contributed by atoms with Crippen molar-refractivity contribution in [1.29, 1.82) is 5.26 Å². The third-order valence-corrected chi connectivity index (χ3v) is 9.22. The van der Waals surface area contributed by atoms with E-state index in [1.165, 1.54) is 17.3 Å². The number of H-pyrrole nitrogens is 1. The second-order valence-corrected chi connectivity index (χ2v) is 12.3. The van der Waals surface area contributed by atoms with Crippen molar-refractivity contribution in [3.63, 3.8) is 0 Å². The number of aromatic amines is 1. The maximum atomic E-state index is 13.6. The number of carbonyl (C=O) groups excluding carboxylic acids is 1. The van der Waals surface area contributed by atoms with Gasteiger partial charge in [-0.2, -0.15) is 23.5 Å². The molecule has 1 N–H and O–H groups in total. The number of halogens is 4. The first-order valence-corrected chi connectivity index (χ1v) is 15.2. The Morgan fingerprint density at radius 3 is 2.65 bits per heavy atom. The van der Waals surface area contributed by atoms with Gasteiger partial charge in [-0.15, -0.1) is 0 Å². The highest BCUT2D eigenvalue weighted by molar-refractivity contribution is 5.92. The second-order valence-electron chi connectivity index (χ2n) is 12.3. The molecule has 0 spiro atoms. The number of hydrogen-bond donors (Lipinski definition) is 1. The molecule has 4 aromatic heterocycles. The largest absolute Gasteiger partial charge is 0.451 e. The third kappa shape index (κ3) is 5.69. The van der Waals surface area contributed by atoms with Gasteiger partial charge in [0.05, 0.1) is 30.1 Å². The van der Waals surface area contributed by atoms with Gasteiger partial charge in [0, 0.05) is 75.2 Å². The molecule has 7 heterocycles. The summed E-state index contributed by atoms with van der Waals surface area (Å²) in [4.78, 5) is 37.8. The number of hydrogen-bond acceptors (Lipinski definition) is 9.